The minimum absolute atomic E-state index is 0.222. The van der Waals surface area contributed by atoms with Gasteiger partial charge in [0.1, 0.15) is 17.3 Å². The molecule has 2 heterocycles. The molecule has 1 aromatic heterocycles. The van der Waals surface area contributed by atoms with Crippen molar-refractivity contribution in [3.8, 4) is 11.3 Å². The maximum atomic E-state index is 13.1. The van der Waals surface area contributed by atoms with Crippen LogP contribution in [0.1, 0.15) is 34.5 Å². The van der Waals surface area contributed by atoms with Crippen molar-refractivity contribution in [1.82, 2.24) is 4.90 Å². The molecule has 2 aromatic carbocycles. The van der Waals surface area contributed by atoms with E-state index in [-0.39, 0.29) is 23.5 Å². The molecule has 3 aromatic rings. The first kappa shape index (κ1) is 18.6. The van der Waals surface area contributed by atoms with Gasteiger partial charge in [-0.1, -0.05) is 12.1 Å². The number of anilines is 1. The first-order chi connectivity index (χ1) is 14.6. The van der Waals surface area contributed by atoms with Crippen molar-refractivity contribution in [2.75, 3.05) is 11.9 Å². The first-order valence-corrected chi connectivity index (χ1v) is 10.1. The number of hydrogen-bond donors (Lipinski definition) is 1. The van der Waals surface area contributed by atoms with Gasteiger partial charge >= 0.3 is 0 Å². The molecule has 0 unspecified atom stereocenters. The quantitative estimate of drug-likeness (QED) is 0.690. The van der Waals surface area contributed by atoms with E-state index in [0.29, 0.717) is 24.3 Å². The minimum atomic E-state index is -0.382. The van der Waals surface area contributed by atoms with Crippen LogP contribution in [-0.4, -0.2) is 23.3 Å². The predicted molar refractivity (Wildman–Crippen MR) is 110 cm³/mol. The molecule has 1 fully saturated rings. The van der Waals surface area contributed by atoms with Gasteiger partial charge in [-0.15, -0.1) is 0 Å². The van der Waals surface area contributed by atoms with Crippen LogP contribution >= 0.6 is 0 Å². The Kier molecular flexibility index (Phi) is 4.62. The summed E-state index contributed by atoms with van der Waals surface area (Å²) in [5.41, 5.74) is 2.91. The van der Waals surface area contributed by atoms with Gasteiger partial charge in [0, 0.05) is 47.8 Å². The third-order valence-electron chi connectivity index (χ3n) is 5.62. The zero-order chi connectivity index (χ0) is 20.7. The Morgan fingerprint density at radius 1 is 1.07 bits per heavy atom. The molecule has 1 aliphatic heterocycles. The number of carbonyl (C=O) groups is 2. The molecule has 1 saturated carbocycles. The number of hydrogen-bond acceptors (Lipinski definition) is 3. The second kappa shape index (κ2) is 7.44. The van der Waals surface area contributed by atoms with Crippen LogP contribution in [0.15, 0.2) is 59.0 Å². The Bertz CT molecular complexity index is 1120. The fourth-order valence-corrected chi connectivity index (χ4v) is 3.81. The Morgan fingerprint density at radius 2 is 1.87 bits per heavy atom. The number of halogens is 1. The molecular formula is C24H21FN2O3. The molecular weight excluding hydrogens is 383 g/mol. The lowest BCUT2D eigenvalue weighted by Gasteiger charge is -2.26. The highest BCUT2D eigenvalue weighted by Crippen LogP contribution is 2.35. The number of nitrogens with zero attached hydrogens (tertiary/aromatic N) is 1. The molecule has 2 aliphatic rings. The third kappa shape index (κ3) is 3.73. The molecule has 0 bridgehead atoms. The van der Waals surface area contributed by atoms with E-state index in [4.69, 9.17) is 4.42 Å². The summed E-state index contributed by atoms with van der Waals surface area (Å²) in [5.74, 6) is 1.44. The third-order valence-corrected chi connectivity index (χ3v) is 5.62. The van der Waals surface area contributed by atoms with E-state index in [9.17, 15) is 14.0 Å². The fraction of sp³-hybridized carbons (Fsp3) is 0.250. The van der Waals surface area contributed by atoms with E-state index in [0.717, 1.165) is 41.9 Å². The van der Waals surface area contributed by atoms with Gasteiger partial charge in [-0.25, -0.2) is 4.39 Å². The summed E-state index contributed by atoms with van der Waals surface area (Å²) < 4.78 is 19.1. The number of carbonyl (C=O) groups excluding carboxylic acids is 2. The lowest BCUT2D eigenvalue weighted by atomic mass is 10.1. The average Bonchev–Trinajstić information content (AvgIpc) is 3.52. The highest BCUT2D eigenvalue weighted by Gasteiger charge is 2.35. The zero-order valence-electron chi connectivity index (χ0n) is 16.4. The van der Waals surface area contributed by atoms with Crippen molar-refractivity contribution in [2.45, 2.75) is 25.8 Å². The minimum Gasteiger partial charge on any atom is -0.461 e. The summed E-state index contributed by atoms with van der Waals surface area (Å²) in [6, 6.07) is 14.8. The Morgan fingerprint density at radius 3 is 2.63 bits per heavy atom. The van der Waals surface area contributed by atoms with Crippen molar-refractivity contribution in [3.05, 3.63) is 77.3 Å². The Labute approximate surface area is 173 Å². The molecule has 2 amide bonds. The second-order valence-corrected chi connectivity index (χ2v) is 7.88. The van der Waals surface area contributed by atoms with Crippen molar-refractivity contribution in [1.29, 1.82) is 0 Å². The second-order valence-electron chi connectivity index (χ2n) is 7.88. The van der Waals surface area contributed by atoms with E-state index in [1.54, 1.807) is 6.07 Å². The number of benzene rings is 2. The highest BCUT2D eigenvalue weighted by molar-refractivity contribution is 6.04. The van der Waals surface area contributed by atoms with Crippen LogP contribution < -0.4 is 5.32 Å². The number of nitrogens with one attached hydrogen (secondary N) is 1. The summed E-state index contributed by atoms with van der Waals surface area (Å²) in [4.78, 5) is 26.7. The van der Waals surface area contributed by atoms with Gasteiger partial charge in [0.25, 0.3) is 5.91 Å². The molecule has 30 heavy (non-hydrogen) atoms. The summed E-state index contributed by atoms with van der Waals surface area (Å²) in [5, 5.41) is 2.84. The van der Waals surface area contributed by atoms with Crippen molar-refractivity contribution in [3.63, 3.8) is 0 Å². The van der Waals surface area contributed by atoms with E-state index in [1.807, 2.05) is 29.2 Å². The van der Waals surface area contributed by atoms with Gasteiger partial charge in [-0.05, 0) is 55.3 Å². The molecule has 1 N–H and O–H groups in total. The van der Waals surface area contributed by atoms with Crippen molar-refractivity contribution < 1.29 is 18.4 Å². The van der Waals surface area contributed by atoms with Crippen LogP contribution in [0, 0.1) is 11.7 Å². The molecule has 0 atom stereocenters. The monoisotopic (exact) mass is 404 g/mol. The first-order valence-electron chi connectivity index (χ1n) is 10.1. The predicted octanol–water partition coefficient (Wildman–Crippen LogP) is 4.63. The van der Waals surface area contributed by atoms with Crippen molar-refractivity contribution in [2.24, 2.45) is 5.92 Å². The lowest BCUT2D eigenvalue weighted by molar-refractivity contribution is -0.133. The number of furan rings is 1. The van der Waals surface area contributed by atoms with E-state index in [2.05, 4.69) is 5.32 Å². The number of fused-ring (bicyclic) bond motifs is 1. The van der Waals surface area contributed by atoms with Gasteiger partial charge in [0.05, 0.1) is 0 Å². The maximum absolute atomic E-state index is 13.1. The maximum Gasteiger partial charge on any atom is 0.255 e. The van der Waals surface area contributed by atoms with Crippen molar-refractivity contribution >= 4 is 17.5 Å². The Balaban J connectivity index is 1.33. The van der Waals surface area contributed by atoms with Crippen LogP contribution in [0.3, 0.4) is 0 Å². The summed E-state index contributed by atoms with van der Waals surface area (Å²) in [7, 11) is 0. The topological polar surface area (TPSA) is 62.6 Å². The largest absolute Gasteiger partial charge is 0.461 e. The zero-order valence-corrected chi connectivity index (χ0v) is 16.4. The molecule has 0 radical (unpaired) electrons. The van der Waals surface area contributed by atoms with Crippen LogP contribution in [0.2, 0.25) is 0 Å². The normalized spacial score (nSPS) is 15.6. The van der Waals surface area contributed by atoms with E-state index >= 15 is 0 Å². The van der Waals surface area contributed by atoms with Gasteiger partial charge in [-0.3, -0.25) is 9.59 Å². The molecule has 0 saturated heterocycles. The van der Waals surface area contributed by atoms with Crippen LogP contribution in [0.25, 0.3) is 11.3 Å². The van der Waals surface area contributed by atoms with Gasteiger partial charge < -0.3 is 14.6 Å². The number of amides is 2. The van der Waals surface area contributed by atoms with Crippen LogP contribution in [-0.2, 0) is 17.8 Å². The fourth-order valence-electron chi connectivity index (χ4n) is 3.81. The summed E-state index contributed by atoms with van der Waals surface area (Å²) in [6.45, 7) is 1.29. The summed E-state index contributed by atoms with van der Waals surface area (Å²) in [6.07, 6.45) is 2.74. The standard InChI is InChI=1S/C24H21FN2O3/c25-19-8-6-15(7-9-19)23(28)26-20-3-1-2-17(12-20)22-13-18-14-27(11-10-21(18)30-22)24(29)16-4-5-16/h1-3,6-9,12-13,16H,4-5,10-11,14H2,(H,26,28). The average molecular weight is 404 g/mol. The van der Waals surface area contributed by atoms with Crippen LogP contribution in [0.4, 0.5) is 10.1 Å². The SMILES string of the molecule is O=C(Nc1cccc(-c2cc3c(o2)CCN(C(=O)C2CC2)C3)c1)c1ccc(F)cc1. The van der Waals surface area contributed by atoms with Gasteiger partial charge in [-0.2, -0.15) is 0 Å². The molecule has 1 aliphatic carbocycles. The highest BCUT2D eigenvalue weighted by atomic mass is 19.1. The Hall–Kier alpha value is -3.41. The van der Waals surface area contributed by atoms with E-state index in [1.165, 1.54) is 24.3 Å². The van der Waals surface area contributed by atoms with Gasteiger partial charge in [0.2, 0.25) is 5.91 Å². The summed E-state index contributed by atoms with van der Waals surface area (Å²) >= 11 is 0. The molecule has 6 heteroatoms. The molecule has 0 spiro atoms. The molecule has 152 valence electrons. The molecule has 5 rings (SSSR count). The van der Waals surface area contributed by atoms with Crippen LogP contribution in [0.5, 0.6) is 0 Å². The van der Waals surface area contributed by atoms with Gasteiger partial charge in [0.15, 0.2) is 0 Å². The lowest BCUT2D eigenvalue weighted by Crippen LogP contribution is -2.36. The van der Waals surface area contributed by atoms with E-state index < -0.39 is 0 Å². The smallest absolute Gasteiger partial charge is 0.255 e. The number of rotatable bonds is 4. The molecule has 5 nitrogen and oxygen atoms in total.